The highest BCUT2D eigenvalue weighted by atomic mass is 28.5. The molecule has 0 saturated carbocycles. The summed E-state index contributed by atoms with van der Waals surface area (Å²) in [4.78, 5) is 10.3. The van der Waals surface area contributed by atoms with Crippen molar-refractivity contribution in [2.45, 2.75) is 102 Å². The number of nitrogens with two attached hydrogens (primary N) is 1. The minimum atomic E-state index is -2.84. The van der Waals surface area contributed by atoms with E-state index in [1.165, 1.54) is 6.33 Å². The van der Waals surface area contributed by atoms with Crippen molar-refractivity contribution < 1.29 is 22.8 Å². The van der Waals surface area contributed by atoms with Gasteiger partial charge in [0.25, 0.3) is 0 Å². The lowest BCUT2D eigenvalue weighted by Gasteiger charge is -2.51. The van der Waals surface area contributed by atoms with Crippen LogP contribution in [0.15, 0.2) is 6.33 Å². The van der Waals surface area contributed by atoms with Gasteiger partial charge in [0, 0.05) is 0 Å². The maximum Gasteiger partial charge on any atom is 0.335 e. The van der Waals surface area contributed by atoms with Crippen LogP contribution >= 0.6 is 0 Å². The van der Waals surface area contributed by atoms with Gasteiger partial charge in [0.05, 0.1) is 13.3 Å². The number of aromatic nitrogens is 2. The molecule has 34 heavy (non-hydrogen) atoms. The summed E-state index contributed by atoms with van der Waals surface area (Å²) < 4.78 is 27.4. The van der Waals surface area contributed by atoms with Crippen LogP contribution in [0.5, 0.6) is 0 Å². The quantitative estimate of drug-likeness (QED) is 0.507. The van der Waals surface area contributed by atoms with Gasteiger partial charge in [-0.05, 0) is 22.2 Å². The number of ether oxygens (including phenoxy) is 1. The van der Waals surface area contributed by atoms with Gasteiger partial charge in [-0.15, -0.1) is 0 Å². The Morgan fingerprint density at radius 3 is 2.24 bits per heavy atom. The van der Waals surface area contributed by atoms with E-state index in [1.807, 2.05) is 4.90 Å². The lowest BCUT2D eigenvalue weighted by Crippen LogP contribution is -2.66. The summed E-state index contributed by atoms with van der Waals surface area (Å²) in [6, 6.07) is 0. The van der Waals surface area contributed by atoms with E-state index < -0.39 is 41.7 Å². The molecule has 192 valence electrons. The van der Waals surface area contributed by atoms with Gasteiger partial charge < -0.3 is 38.8 Å². The molecule has 10 nitrogen and oxygen atoms in total. The Kier molecular flexibility index (Phi) is 7.06. The zero-order valence-corrected chi connectivity index (χ0v) is 23.6. The van der Waals surface area contributed by atoms with Gasteiger partial charge in [-0.25, -0.2) is 9.97 Å². The Hall–Kier alpha value is -1.29. The second-order valence-corrected chi connectivity index (χ2v) is 19.7. The minimum absolute atomic E-state index is 0.173. The Morgan fingerprint density at radius 2 is 1.65 bits per heavy atom. The van der Waals surface area contributed by atoms with Crippen LogP contribution in [-0.2, 0) is 17.7 Å². The van der Waals surface area contributed by atoms with Gasteiger partial charge in [-0.2, -0.15) is 0 Å². The monoisotopic (exact) mass is 511 g/mol. The third-order valence-corrected chi connectivity index (χ3v) is 17.8. The van der Waals surface area contributed by atoms with E-state index in [0.717, 1.165) is 0 Å². The number of hydrogen-bond acceptors (Lipinski definition) is 10. The fraction of sp³-hybridized carbons (Fsp3) is 0.818. The third kappa shape index (κ3) is 3.96. The smallest absolute Gasteiger partial charge is 0.335 e. The van der Waals surface area contributed by atoms with Gasteiger partial charge in [0.1, 0.15) is 30.3 Å². The van der Waals surface area contributed by atoms with Crippen LogP contribution in [0, 0.1) is 0 Å². The molecule has 0 aromatic carbocycles. The number of anilines is 3. The Morgan fingerprint density at radius 1 is 1.03 bits per heavy atom. The molecule has 3 aliphatic rings. The highest BCUT2D eigenvalue weighted by Crippen LogP contribution is 2.48. The minimum Gasteiger partial charge on any atom is -0.414 e. The first kappa shape index (κ1) is 25.8. The van der Waals surface area contributed by atoms with E-state index in [1.54, 1.807) is 0 Å². The predicted octanol–water partition coefficient (Wildman–Crippen LogP) is 3.29. The molecule has 2 saturated heterocycles. The number of hydrogen-bond donors (Lipinski definition) is 3. The Bertz CT molecular complexity index is 873. The Balaban J connectivity index is 1.72. The molecule has 2 fully saturated rings. The lowest BCUT2D eigenvalue weighted by molar-refractivity contribution is -0.0386. The first-order valence-corrected chi connectivity index (χ1v) is 16.3. The lowest BCUT2D eigenvalue weighted by atomic mass is 10.1. The van der Waals surface area contributed by atoms with E-state index in [4.69, 9.17) is 23.4 Å². The Labute approximate surface area is 205 Å². The highest BCUT2D eigenvalue weighted by molar-refractivity contribution is 6.84. The van der Waals surface area contributed by atoms with E-state index in [-0.39, 0.29) is 22.2 Å². The number of nitrogens with zero attached hydrogens (tertiary/aromatic N) is 3. The topological polar surface area (TPSA) is 124 Å². The van der Waals surface area contributed by atoms with Crippen molar-refractivity contribution in [1.82, 2.24) is 9.97 Å². The molecule has 4 N–H and O–H groups in total. The molecule has 3 aliphatic heterocycles. The molecule has 1 aromatic heterocycles. The average molecular weight is 512 g/mol. The summed E-state index contributed by atoms with van der Waals surface area (Å²) in [6.07, 6.45) is -1.11. The molecule has 4 rings (SSSR count). The van der Waals surface area contributed by atoms with Crippen LogP contribution in [0.2, 0.25) is 22.2 Å². The van der Waals surface area contributed by atoms with Crippen LogP contribution in [0.1, 0.15) is 55.4 Å². The molecule has 0 aliphatic carbocycles. The number of nitrogens with one attached hydrogen (secondary N) is 1. The maximum atomic E-state index is 11.5. The largest absolute Gasteiger partial charge is 0.414 e. The first-order valence-electron chi connectivity index (χ1n) is 12.4. The van der Waals surface area contributed by atoms with E-state index >= 15 is 0 Å². The molecule has 0 bridgehead atoms. The molecule has 0 radical (unpaired) electrons. The van der Waals surface area contributed by atoms with Crippen molar-refractivity contribution in [3.8, 4) is 0 Å². The average Bonchev–Trinajstić information content (AvgIpc) is 3.29. The molecule has 12 heteroatoms. The summed E-state index contributed by atoms with van der Waals surface area (Å²) in [5, 5.41) is 14.8. The molecular weight excluding hydrogens is 470 g/mol. The number of nitrogen functional groups attached to an aromatic ring is 1. The van der Waals surface area contributed by atoms with E-state index in [2.05, 4.69) is 70.7 Å². The molecule has 0 spiro atoms. The SMILES string of the molecule is CC(C)[Si]1(C(C)C)OC[C@@H]2O[C@H](N3CNc4c(N)ncnc43)C(O)[C@@H]2O[Si](C(C)C)(C(C)C)O1. The highest BCUT2D eigenvalue weighted by Gasteiger charge is 2.62. The number of fused-ring (bicyclic) bond motifs is 2. The van der Waals surface area contributed by atoms with Gasteiger partial charge in [0.15, 0.2) is 17.9 Å². The van der Waals surface area contributed by atoms with Crippen LogP contribution in [0.3, 0.4) is 0 Å². The predicted molar refractivity (Wildman–Crippen MR) is 136 cm³/mol. The van der Waals surface area contributed by atoms with Gasteiger partial charge in [-0.3, -0.25) is 0 Å². The summed E-state index contributed by atoms with van der Waals surface area (Å²) in [5.74, 6) is 0.988. The second kappa shape index (κ2) is 9.30. The van der Waals surface area contributed by atoms with Crippen LogP contribution in [0.4, 0.5) is 17.3 Å². The molecule has 1 aromatic rings. The zero-order chi connectivity index (χ0) is 25.0. The van der Waals surface area contributed by atoms with Crippen molar-refractivity contribution in [2.75, 3.05) is 29.2 Å². The van der Waals surface area contributed by atoms with Crippen LogP contribution < -0.4 is 16.0 Å². The second-order valence-electron chi connectivity index (χ2n) is 10.9. The van der Waals surface area contributed by atoms with E-state index in [9.17, 15) is 5.11 Å². The zero-order valence-electron chi connectivity index (χ0n) is 21.6. The van der Waals surface area contributed by atoms with Crippen LogP contribution in [-0.4, -0.2) is 70.0 Å². The van der Waals surface area contributed by atoms with Gasteiger partial charge in [-0.1, -0.05) is 55.4 Å². The maximum absolute atomic E-state index is 11.5. The standard InChI is InChI=1S/C22H41N5O5Si2/c1-12(2)33(13(3)4)29-9-16-19(31-34(32-33,14(5)6)15(7)8)18(28)22(30-16)27-11-26-17-20(23)24-10-25-21(17)27/h10,12-16,18-19,22,26,28H,9,11H2,1-8H3,(H2,23,24,25)/t16-,18?,19+,22-/m0/s1. The van der Waals surface area contributed by atoms with E-state index in [0.29, 0.717) is 30.6 Å². The normalized spacial score (nSPS) is 30.4. The van der Waals surface area contributed by atoms with Crippen molar-refractivity contribution >= 4 is 34.4 Å². The van der Waals surface area contributed by atoms with Gasteiger partial charge >= 0.3 is 17.1 Å². The van der Waals surface area contributed by atoms with Crippen molar-refractivity contribution in [3.63, 3.8) is 0 Å². The molecule has 1 unspecified atom stereocenters. The number of aliphatic hydroxyl groups excluding tert-OH is 1. The summed E-state index contributed by atoms with van der Waals surface area (Å²) in [6.45, 7) is 18.2. The molecule has 4 atom stereocenters. The molecule has 4 heterocycles. The van der Waals surface area contributed by atoms with Crippen molar-refractivity contribution in [2.24, 2.45) is 0 Å². The number of aliphatic hydroxyl groups is 1. The first-order chi connectivity index (χ1) is 15.9. The summed E-state index contributed by atoms with van der Waals surface area (Å²) >= 11 is 0. The molecule has 0 amide bonds. The third-order valence-electron chi connectivity index (χ3n) is 7.50. The molecular formula is C22H41N5O5Si2. The van der Waals surface area contributed by atoms with Gasteiger partial charge in [0.2, 0.25) is 0 Å². The van der Waals surface area contributed by atoms with Crippen LogP contribution in [0.25, 0.3) is 0 Å². The van der Waals surface area contributed by atoms with Crippen molar-refractivity contribution in [3.05, 3.63) is 6.33 Å². The fourth-order valence-corrected chi connectivity index (χ4v) is 16.8. The summed E-state index contributed by atoms with van der Waals surface area (Å²) in [5.41, 5.74) is 7.51. The number of rotatable bonds is 5. The van der Waals surface area contributed by atoms with Crippen molar-refractivity contribution in [1.29, 1.82) is 0 Å². The fourth-order valence-electron chi connectivity index (χ4n) is 5.62. The summed E-state index contributed by atoms with van der Waals surface area (Å²) in [7, 11) is -5.51.